The summed E-state index contributed by atoms with van der Waals surface area (Å²) in [7, 11) is 0. The second kappa shape index (κ2) is 6.86. The Labute approximate surface area is 153 Å². The highest BCUT2D eigenvalue weighted by molar-refractivity contribution is 6.31. The monoisotopic (exact) mass is 365 g/mol. The molecule has 0 spiro atoms. The van der Waals surface area contributed by atoms with Crippen LogP contribution >= 0.6 is 11.6 Å². The van der Waals surface area contributed by atoms with E-state index in [1.807, 2.05) is 4.90 Å². The summed E-state index contributed by atoms with van der Waals surface area (Å²) in [6.07, 6.45) is 3.47. The summed E-state index contributed by atoms with van der Waals surface area (Å²) in [4.78, 5) is 17.0. The number of benzene rings is 1. The number of rotatable bonds is 3. The van der Waals surface area contributed by atoms with Crippen molar-refractivity contribution in [3.63, 3.8) is 0 Å². The average Bonchev–Trinajstić information content (AvgIpc) is 3.19. The van der Waals surface area contributed by atoms with E-state index in [0.29, 0.717) is 42.1 Å². The van der Waals surface area contributed by atoms with Gasteiger partial charge in [0.2, 0.25) is 5.91 Å². The number of amides is 1. The molecule has 6 heteroatoms. The third-order valence-electron chi connectivity index (χ3n) is 6.39. The van der Waals surface area contributed by atoms with Crippen LogP contribution in [0.5, 0.6) is 0 Å². The Hall–Kier alpha value is -1.17. The SMILES string of the molecule is NC1C2CCC(C2)C1C(=O)N1CCN(Cc2c(F)cccc2Cl)CC1. The first-order valence-corrected chi connectivity index (χ1v) is 9.62. The zero-order valence-electron chi connectivity index (χ0n) is 14.3. The molecule has 1 aliphatic heterocycles. The highest BCUT2D eigenvalue weighted by atomic mass is 35.5. The van der Waals surface area contributed by atoms with Crippen molar-refractivity contribution in [1.82, 2.24) is 9.80 Å². The first kappa shape index (κ1) is 17.3. The van der Waals surface area contributed by atoms with Crippen molar-refractivity contribution in [2.45, 2.75) is 31.8 Å². The summed E-state index contributed by atoms with van der Waals surface area (Å²) in [5.41, 5.74) is 6.86. The van der Waals surface area contributed by atoms with Gasteiger partial charge in [0.25, 0.3) is 0 Å². The Morgan fingerprint density at radius 1 is 1.20 bits per heavy atom. The second-order valence-electron chi connectivity index (χ2n) is 7.74. The predicted octanol–water partition coefficient (Wildman–Crippen LogP) is 2.50. The maximum atomic E-state index is 14.0. The summed E-state index contributed by atoms with van der Waals surface area (Å²) in [6, 6.07) is 4.82. The number of nitrogens with zero attached hydrogens (tertiary/aromatic N) is 2. The maximum Gasteiger partial charge on any atom is 0.227 e. The molecule has 25 heavy (non-hydrogen) atoms. The summed E-state index contributed by atoms with van der Waals surface area (Å²) >= 11 is 6.12. The van der Waals surface area contributed by atoms with E-state index in [0.717, 1.165) is 25.9 Å². The minimum atomic E-state index is -0.265. The van der Waals surface area contributed by atoms with Crippen LogP contribution in [0.25, 0.3) is 0 Å². The maximum absolute atomic E-state index is 14.0. The van der Waals surface area contributed by atoms with Crippen LogP contribution < -0.4 is 5.73 Å². The van der Waals surface area contributed by atoms with Crippen molar-refractivity contribution >= 4 is 17.5 Å². The first-order valence-electron chi connectivity index (χ1n) is 9.24. The van der Waals surface area contributed by atoms with Crippen molar-refractivity contribution in [1.29, 1.82) is 0 Å². The third kappa shape index (κ3) is 3.18. The van der Waals surface area contributed by atoms with Crippen LogP contribution in [0.2, 0.25) is 5.02 Å². The Kier molecular flexibility index (Phi) is 4.73. The molecule has 1 saturated heterocycles. The lowest BCUT2D eigenvalue weighted by molar-refractivity contribution is -0.139. The van der Waals surface area contributed by atoms with Crippen molar-refractivity contribution in [2.24, 2.45) is 23.5 Å². The molecule has 1 amide bonds. The van der Waals surface area contributed by atoms with Crippen molar-refractivity contribution < 1.29 is 9.18 Å². The van der Waals surface area contributed by atoms with Gasteiger partial charge in [-0.25, -0.2) is 4.39 Å². The summed E-state index contributed by atoms with van der Waals surface area (Å²) in [5, 5.41) is 0.464. The van der Waals surface area contributed by atoms with Crippen LogP contribution in [-0.4, -0.2) is 47.9 Å². The van der Waals surface area contributed by atoms with E-state index >= 15 is 0 Å². The van der Waals surface area contributed by atoms with Gasteiger partial charge in [-0.3, -0.25) is 9.69 Å². The van der Waals surface area contributed by atoms with Gasteiger partial charge in [0.15, 0.2) is 0 Å². The first-order chi connectivity index (χ1) is 12.0. The predicted molar refractivity (Wildman–Crippen MR) is 95.6 cm³/mol. The van der Waals surface area contributed by atoms with Gasteiger partial charge in [-0.1, -0.05) is 17.7 Å². The summed E-state index contributed by atoms with van der Waals surface area (Å²) in [6.45, 7) is 3.34. The van der Waals surface area contributed by atoms with Crippen LogP contribution in [0.4, 0.5) is 4.39 Å². The number of hydrogen-bond donors (Lipinski definition) is 1. The van der Waals surface area contributed by atoms with Gasteiger partial charge in [0.1, 0.15) is 5.82 Å². The van der Waals surface area contributed by atoms with E-state index in [-0.39, 0.29) is 23.7 Å². The summed E-state index contributed by atoms with van der Waals surface area (Å²) < 4.78 is 14.0. The fourth-order valence-corrected chi connectivity index (χ4v) is 5.17. The van der Waals surface area contributed by atoms with E-state index in [1.165, 1.54) is 12.5 Å². The minimum absolute atomic E-state index is 0.0197. The number of hydrogen-bond acceptors (Lipinski definition) is 3. The van der Waals surface area contributed by atoms with Crippen LogP contribution in [0.15, 0.2) is 18.2 Å². The fraction of sp³-hybridized carbons (Fsp3) is 0.632. The highest BCUT2D eigenvalue weighted by Crippen LogP contribution is 2.48. The minimum Gasteiger partial charge on any atom is -0.340 e. The largest absolute Gasteiger partial charge is 0.340 e. The lowest BCUT2D eigenvalue weighted by Gasteiger charge is -2.38. The Balaban J connectivity index is 1.35. The van der Waals surface area contributed by atoms with Gasteiger partial charge in [0.05, 0.1) is 5.92 Å². The van der Waals surface area contributed by atoms with Crippen LogP contribution in [-0.2, 0) is 11.3 Å². The number of nitrogens with two attached hydrogens (primary N) is 1. The Morgan fingerprint density at radius 2 is 1.92 bits per heavy atom. The number of piperazine rings is 1. The molecule has 2 N–H and O–H groups in total. The van der Waals surface area contributed by atoms with Gasteiger partial charge in [-0.05, 0) is 43.2 Å². The normalized spacial score (nSPS) is 32.4. The van der Waals surface area contributed by atoms with Crippen LogP contribution in [0.3, 0.4) is 0 Å². The summed E-state index contributed by atoms with van der Waals surface area (Å²) in [5.74, 6) is 1.03. The zero-order valence-corrected chi connectivity index (χ0v) is 15.1. The molecular weight excluding hydrogens is 341 g/mol. The quantitative estimate of drug-likeness (QED) is 0.895. The second-order valence-corrected chi connectivity index (χ2v) is 8.15. The van der Waals surface area contributed by atoms with Crippen molar-refractivity contribution in [3.05, 3.63) is 34.6 Å². The topological polar surface area (TPSA) is 49.6 Å². The number of fused-ring (bicyclic) bond motifs is 2. The molecule has 2 bridgehead atoms. The molecule has 4 rings (SSSR count). The van der Waals surface area contributed by atoms with Gasteiger partial charge >= 0.3 is 0 Å². The Bertz CT molecular complexity index is 640. The van der Waals surface area contributed by atoms with Crippen LogP contribution in [0, 0.1) is 23.6 Å². The molecule has 1 aromatic rings. The van der Waals surface area contributed by atoms with E-state index in [2.05, 4.69) is 4.90 Å². The molecule has 4 unspecified atom stereocenters. The lowest BCUT2D eigenvalue weighted by atomic mass is 9.84. The van der Waals surface area contributed by atoms with Crippen molar-refractivity contribution in [3.8, 4) is 0 Å². The van der Waals surface area contributed by atoms with E-state index < -0.39 is 0 Å². The third-order valence-corrected chi connectivity index (χ3v) is 6.75. The smallest absolute Gasteiger partial charge is 0.227 e. The molecule has 0 radical (unpaired) electrons. The zero-order chi connectivity index (χ0) is 17.6. The van der Waals surface area contributed by atoms with E-state index in [1.54, 1.807) is 12.1 Å². The van der Waals surface area contributed by atoms with Crippen molar-refractivity contribution in [2.75, 3.05) is 26.2 Å². The molecule has 3 aliphatic rings. The molecule has 4 nitrogen and oxygen atoms in total. The highest BCUT2D eigenvalue weighted by Gasteiger charge is 2.50. The molecule has 136 valence electrons. The number of carbonyl (C=O) groups excluding carboxylic acids is 1. The number of carbonyl (C=O) groups is 1. The molecule has 4 atom stereocenters. The van der Waals surface area contributed by atoms with Gasteiger partial charge in [0, 0.05) is 49.4 Å². The molecule has 1 aromatic carbocycles. The van der Waals surface area contributed by atoms with Gasteiger partial charge < -0.3 is 10.6 Å². The standard InChI is InChI=1S/C19H25ClFN3O/c20-15-2-1-3-16(21)14(15)11-23-6-8-24(9-7-23)19(25)17-12-4-5-13(10-12)18(17)22/h1-3,12-13,17-18H,4-11,22H2. The molecule has 3 fully saturated rings. The van der Waals surface area contributed by atoms with E-state index in [4.69, 9.17) is 17.3 Å². The Morgan fingerprint density at radius 3 is 2.56 bits per heavy atom. The molecule has 1 heterocycles. The van der Waals surface area contributed by atoms with Gasteiger partial charge in [-0.15, -0.1) is 0 Å². The average molecular weight is 366 g/mol. The van der Waals surface area contributed by atoms with Crippen LogP contribution in [0.1, 0.15) is 24.8 Å². The van der Waals surface area contributed by atoms with E-state index in [9.17, 15) is 9.18 Å². The fourth-order valence-electron chi connectivity index (χ4n) is 4.95. The van der Waals surface area contributed by atoms with Gasteiger partial charge in [-0.2, -0.15) is 0 Å². The molecule has 2 aliphatic carbocycles. The lowest BCUT2D eigenvalue weighted by Crippen LogP contribution is -2.53. The number of halogens is 2. The molecule has 2 saturated carbocycles. The molecule has 0 aromatic heterocycles. The molecular formula is C19H25ClFN3O.